The third kappa shape index (κ3) is 5.73. The Bertz CT molecular complexity index is 691. The second-order valence-electron chi connectivity index (χ2n) is 5.26. The van der Waals surface area contributed by atoms with E-state index in [2.05, 4.69) is 21.2 Å². The van der Waals surface area contributed by atoms with Gasteiger partial charge in [-0.3, -0.25) is 4.79 Å². The predicted molar refractivity (Wildman–Crippen MR) is 98.9 cm³/mol. The zero-order valence-electron chi connectivity index (χ0n) is 13.5. The molecule has 2 aromatic carbocycles. The zero-order valence-corrected chi connectivity index (χ0v) is 15.9. The molecule has 0 heterocycles. The number of ether oxygens (including phenoxy) is 2. The minimum atomic E-state index is -0.583. The van der Waals surface area contributed by atoms with Gasteiger partial charge in [-0.1, -0.05) is 33.6 Å². The molecule has 0 unspecified atom stereocenters. The number of aryl methyl sites for hydroxylation is 1. The third-order valence-corrected chi connectivity index (χ3v) is 4.24. The maximum atomic E-state index is 12.0. The summed E-state index contributed by atoms with van der Waals surface area (Å²) in [4.78, 5) is 12.0. The average molecular weight is 413 g/mol. The fourth-order valence-electron chi connectivity index (χ4n) is 1.92. The lowest BCUT2D eigenvalue weighted by atomic mass is 10.2. The summed E-state index contributed by atoms with van der Waals surface area (Å²) in [5, 5.41) is 3.44. The predicted octanol–water partition coefficient (Wildman–Crippen LogP) is 4.37. The van der Waals surface area contributed by atoms with Crippen molar-refractivity contribution in [1.29, 1.82) is 0 Å². The highest BCUT2D eigenvalue weighted by molar-refractivity contribution is 9.10. The first kappa shape index (κ1) is 18.6. The van der Waals surface area contributed by atoms with Gasteiger partial charge in [0, 0.05) is 9.50 Å². The van der Waals surface area contributed by atoms with Gasteiger partial charge < -0.3 is 14.8 Å². The van der Waals surface area contributed by atoms with Crippen LogP contribution in [0.1, 0.15) is 12.5 Å². The summed E-state index contributed by atoms with van der Waals surface area (Å²) in [7, 11) is 0. The Kier molecular flexibility index (Phi) is 6.94. The summed E-state index contributed by atoms with van der Waals surface area (Å²) in [6.45, 7) is 4.38. The van der Waals surface area contributed by atoms with Crippen LogP contribution in [0.25, 0.3) is 0 Å². The van der Waals surface area contributed by atoms with Crippen molar-refractivity contribution in [3.8, 4) is 11.5 Å². The molecule has 0 radical (unpaired) electrons. The van der Waals surface area contributed by atoms with Gasteiger partial charge in [0.15, 0.2) is 6.10 Å². The Labute approximate surface area is 155 Å². The van der Waals surface area contributed by atoms with E-state index in [1.807, 2.05) is 31.2 Å². The first-order valence-corrected chi connectivity index (χ1v) is 8.71. The van der Waals surface area contributed by atoms with Gasteiger partial charge in [0.05, 0.1) is 6.54 Å². The van der Waals surface area contributed by atoms with Crippen molar-refractivity contribution in [2.75, 3.05) is 13.2 Å². The smallest absolute Gasteiger partial charge is 0.260 e. The molecule has 0 aromatic heterocycles. The van der Waals surface area contributed by atoms with Gasteiger partial charge in [0.25, 0.3) is 5.91 Å². The van der Waals surface area contributed by atoms with Crippen molar-refractivity contribution in [2.24, 2.45) is 0 Å². The summed E-state index contributed by atoms with van der Waals surface area (Å²) in [6.07, 6.45) is -0.583. The molecule has 6 heteroatoms. The molecule has 0 bridgehead atoms. The first-order chi connectivity index (χ1) is 11.5. The average Bonchev–Trinajstić information content (AvgIpc) is 2.56. The normalized spacial score (nSPS) is 11.7. The van der Waals surface area contributed by atoms with Gasteiger partial charge in [0.2, 0.25) is 0 Å². The van der Waals surface area contributed by atoms with Crippen molar-refractivity contribution in [1.82, 2.24) is 5.32 Å². The van der Waals surface area contributed by atoms with Gasteiger partial charge in [-0.2, -0.15) is 0 Å². The molecule has 24 heavy (non-hydrogen) atoms. The van der Waals surface area contributed by atoms with Crippen molar-refractivity contribution < 1.29 is 14.3 Å². The highest BCUT2D eigenvalue weighted by Crippen LogP contribution is 2.21. The van der Waals surface area contributed by atoms with Crippen LogP contribution in [0.15, 0.2) is 46.9 Å². The molecular weight excluding hydrogens is 394 g/mol. The quantitative estimate of drug-likeness (QED) is 0.687. The van der Waals surface area contributed by atoms with E-state index in [4.69, 9.17) is 21.1 Å². The van der Waals surface area contributed by atoms with Gasteiger partial charge in [-0.15, -0.1) is 0 Å². The van der Waals surface area contributed by atoms with Crippen LogP contribution in [0.5, 0.6) is 11.5 Å². The van der Waals surface area contributed by atoms with Crippen LogP contribution in [-0.4, -0.2) is 25.2 Å². The Balaban J connectivity index is 1.72. The summed E-state index contributed by atoms with van der Waals surface area (Å²) in [5.41, 5.74) is 0.997. The van der Waals surface area contributed by atoms with Crippen LogP contribution in [0, 0.1) is 6.92 Å². The number of rotatable bonds is 7. The lowest BCUT2D eigenvalue weighted by Gasteiger charge is -2.15. The Morgan fingerprint density at radius 3 is 2.54 bits per heavy atom. The van der Waals surface area contributed by atoms with E-state index in [1.165, 1.54) is 0 Å². The summed E-state index contributed by atoms with van der Waals surface area (Å²) in [6, 6.07) is 12.8. The summed E-state index contributed by atoms with van der Waals surface area (Å²) >= 11 is 9.39. The molecule has 0 aliphatic carbocycles. The minimum absolute atomic E-state index is 0.191. The number of nitrogens with one attached hydrogen (secondary N) is 1. The van der Waals surface area contributed by atoms with Gasteiger partial charge in [-0.25, -0.2) is 0 Å². The van der Waals surface area contributed by atoms with E-state index in [9.17, 15) is 4.79 Å². The molecular formula is C18H19BrClNO3. The standard InChI is InChI=1S/C18H19BrClNO3/c1-12-3-6-16(11-17(12)20)23-10-9-21-18(22)13(2)24-15-7-4-14(19)5-8-15/h3-8,11,13H,9-10H2,1-2H3,(H,21,22)/t13-/m0/s1. The highest BCUT2D eigenvalue weighted by Gasteiger charge is 2.14. The molecule has 0 spiro atoms. The number of hydrogen-bond acceptors (Lipinski definition) is 3. The monoisotopic (exact) mass is 411 g/mol. The maximum absolute atomic E-state index is 12.0. The molecule has 1 N–H and O–H groups in total. The topological polar surface area (TPSA) is 47.6 Å². The van der Waals surface area contributed by atoms with E-state index >= 15 is 0 Å². The molecule has 2 aromatic rings. The van der Waals surface area contributed by atoms with E-state index in [-0.39, 0.29) is 5.91 Å². The van der Waals surface area contributed by atoms with Crippen LogP contribution < -0.4 is 14.8 Å². The van der Waals surface area contributed by atoms with Crippen LogP contribution in [0.2, 0.25) is 5.02 Å². The highest BCUT2D eigenvalue weighted by atomic mass is 79.9. The number of carbonyl (C=O) groups is 1. The fraction of sp³-hybridized carbons (Fsp3) is 0.278. The fourth-order valence-corrected chi connectivity index (χ4v) is 2.36. The molecule has 4 nitrogen and oxygen atoms in total. The number of amides is 1. The Hall–Kier alpha value is -1.72. The molecule has 0 fully saturated rings. The summed E-state index contributed by atoms with van der Waals surface area (Å²) in [5.74, 6) is 1.13. The van der Waals surface area contributed by atoms with Gasteiger partial charge >= 0.3 is 0 Å². The number of hydrogen-bond donors (Lipinski definition) is 1. The number of benzene rings is 2. The molecule has 2 rings (SSSR count). The van der Waals surface area contributed by atoms with E-state index in [0.29, 0.717) is 29.7 Å². The van der Waals surface area contributed by atoms with Crippen LogP contribution in [0.4, 0.5) is 0 Å². The maximum Gasteiger partial charge on any atom is 0.260 e. The molecule has 0 aliphatic heterocycles. The molecule has 0 aliphatic rings. The molecule has 1 amide bonds. The lowest BCUT2D eigenvalue weighted by molar-refractivity contribution is -0.127. The molecule has 1 atom stereocenters. The van der Waals surface area contributed by atoms with E-state index in [1.54, 1.807) is 25.1 Å². The Morgan fingerprint density at radius 2 is 1.88 bits per heavy atom. The van der Waals surface area contributed by atoms with Crippen molar-refractivity contribution in [2.45, 2.75) is 20.0 Å². The van der Waals surface area contributed by atoms with Crippen molar-refractivity contribution >= 4 is 33.4 Å². The molecule has 0 saturated carbocycles. The van der Waals surface area contributed by atoms with Crippen LogP contribution >= 0.6 is 27.5 Å². The molecule has 128 valence electrons. The van der Waals surface area contributed by atoms with E-state index in [0.717, 1.165) is 10.0 Å². The lowest BCUT2D eigenvalue weighted by Crippen LogP contribution is -2.38. The number of halogens is 2. The zero-order chi connectivity index (χ0) is 17.5. The van der Waals surface area contributed by atoms with Crippen molar-refractivity contribution in [3.63, 3.8) is 0 Å². The third-order valence-electron chi connectivity index (χ3n) is 3.31. The Morgan fingerprint density at radius 1 is 1.21 bits per heavy atom. The minimum Gasteiger partial charge on any atom is -0.492 e. The van der Waals surface area contributed by atoms with Crippen LogP contribution in [0.3, 0.4) is 0 Å². The largest absolute Gasteiger partial charge is 0.492 e. The molecule has 0 saturated heterocycles. The second kappa shape index (κ2) is 8.94. The second-order valence-corrected chi connectivity index (χ2v) is 6.59. The van der Waals surface area contributed by atoms with E-state index < -0.39 is 6.10 Å². The summed E-state index contributed by atoms with van der Waals surface area (Å²) < 4.78 is 12.1. The SMILES string of the molecule is Cc1ccc(OCCNC(=O)[C@H](C)Oc2ccc(Br)cc2)cc1Cl. The van der Waals surface area contributed by atoms with Gasteiger partial charge in [0.1, 0.15) is 18.1 Å². The number of carbonyl (C=O) groups excluding carboxylic acids is 1. The van der Waals surface area contributed by atoms with Crippen molar-refractivity contribution in [3.05, 3.63) is 57.5 Å². The van der Waals surface area contributed by atoms with Crippen LogP contribution in [-0.2, 0) is 4.79 Å². The van der Waals surface area contributed by atoms with Gasteiger partial charge in [-0.05, 0) is 55.8 Å². The first-order valence-electron chi connectivity index (χ1n) is 7.54.